The van der Waals surface area contributed by atoms with Crippen molar-refractivity contribution in [2.75, 3.05) is 11.9 Å². The molecule has 0 bridgehead atoms. The number of hydrogen-bond donors (Lipinski definition) is 3. The van der Waals surface area contributed by atoms with Gasteiger partial charge in [-0.25, -0.2) is 4.98 Å². The van der Waals surface area contributed by atoms with Crippen molar-refractivity contribution in [3.8, 4) is 0 Å². The highest BCUT2D eigenvalue weighted by Crippen LogP contribution is 2.04. The van der Waals surface area contributed by atoms with E-state index in [0.717, 1.165) is 30.9 Å². The third-order valence-corrected chi connectivity index (χ3v) is 2.62. The summed E-state index contributed by atoms with van der Waals surface area (Å²) in [7, 11) is 0. The average Bonchev–Trinajstić information content (AvgIpc) is 2.89. The average molecular weight is 261 g/mol. The fourth-order valence-electron chi connectivity index (χ4n) is 1.51. The van der Waals surface area contributed by atoms with Crippen LogP contribution in [0, 0.1) is 0 Å². The summed E-state index contributed by atoms with van der Waals surface area (Å²) in [6.07, 6.45) is 3.33. The van der Waals surface area contributed by atoms with Crippen molar-refractivity contribution in [1.82, 2.24) is 20.5 Å². The quantitative estimate of drug-likeness (QED) is 0.565. The molecule has 0 atom stereocenters. The van der Waals surface area contributed by atoms with E-state index in [1.807, 2.05) is 30.3 Å². The standard InChI is InChI=1S/C12H15N5S/c18-12(16-10-5-2-1-3-6-10)13-8-4-7-11-14-9-15-17-11/h1-3,5-6,9H,4,7-8H2,(H2,13,16,18)(H,14,15,17). The Morgan fingerprint density at radius 1 is 1.28 bits per heavy atom. The van der Waals surface area contributed by atoms with E-state index in [1.54, 1.807) is 0 Å². The summed E-state index contributed by atoms with van der Waals surface area (Å²) in [6, 6.07) is 9.85. The van der Waals surface area contributed by atoms with Gasteiger partial charge in [0.1, 0.15) is 12.2 Å². The fraction of sp³-hybridized carbons (Fsp3) is 0.250. The number of rotatable bonds is 5. The third kappa shape index (κ3) is 4.14. The van der Waals surface area contributed by atoms with Crippen molar-refractivity contribution < 1.29 is 0 Å². The zero-order chi connectivity index (χ0) is 12.6. The summed E-state index contributed by atoms with van der Waals surface area (Å²) in [5.74, 6) is 0.902. The van der Waals surface area contributed by atoms with Crippen LogP contribution in [-0.2, 0) is 6.42 Å². The van der Waals surface area contributed by atoms with Crippen LogP contribution in [0.2, 0.25) is 0 Å². The number of aromatic amines is 1. The van der Waals surface area contributed by atoms with Crippen molar-refractivity contribution in [2.45, 2.75) is 12.8 Å². The molecule has 18 heavy (non-hydrogen) atoms. The van der Waals surface area contributed by atoms with Crippen molar-refractivity contribution in [3.63, 3.8) is 0 Å². The van der Waals surface area contributed by atoms with E-state index in [2.05, 4.69) is 25.8 Å². The Balaban J connectivity index is 1.63. The van der Waals surface area contributed by atoms with Gasteiger partial charge < -0.3 is 10.6 Å². The van der Waals surface area contributed by atoms with Gasteiger partial charge in [-0.05, 0) is 30.8 Å². The maximum Gasteiger partial charge on any atom is 0.170 e. The molecule has 1 aromatic carbocycles. The van der Waals surface area contributed by atoms with Crippen LogP contribution in [-0.4, -0.2) is 26.8 Å². The number of para-hydroxylation sites is 1. The van der Waals surface area contributed by atoms with Crippen LogP contribution in [0.25, 0.3) is 0 Å². The number of anilines is 1. The molecule has 2 rings (SSSR count). The molecule has 1 heterocycles. The molecule has 0 aliphatic rings. The molecular weight excluding hydrogens is 246 g/mol. The van der Waals surface area contributed by atoms with Gasteiger partial charge in [-0.3, -0.25) is 5.10 Å². The van der Waals surface area contributed by atoms with Crippen LogP contribution in [0.5, 0.6) is 0 Å². The van der Waals surface area contributed by atoms with E-state index in [1.165, 1.54) is 6.33 Å². The summed E-state index contributed by atoms with van der Waals surface area (Å²) in [4.78, 5) is 4.06. The summed E-state index contributed by atoms with van der Waals surface area (Å²) in [5, 5.41) is 13.5. The van der Waals surface area contributed by atoms with Crippen LogP contribution >= 0.6 is 12.2 Å². The van der Waals surface area contributed by atoms with Gasteiger partial charge in [-0.1, -0.05) is 18.2 Å². The van der Waals surface area contributed by atoms with E-state index in [-0.39, 0.29) is 0 Å². The second-order valence-electron chi connectivity index (χ2n) is 3.78. The largest absolute Gasteiger partial charge is 0.362 e. The van der Waals surface area contributed by atoms with E-state index in [0.29, 0.717) is 5.11 Å². The van der Waals surface area contributed by atoms with Gasteiger partial charge in [0.15, 0.2) is 5.11 Å². The van der Waals surface area contributed by atoms with Gasteiger partial charge in [0.2, 0.25) is 0 Å². The van der Waals surface area contributed by atoms with Crippen molar-refractivity contribution in [1.29, 1.82) is 0 Å². The minimum atomic E-state index is 0.638. The van der Waals surface area contributed by atoms with Crippen molar-refractivity contribution in [2.24, 2.45) is 0 Å². The number of hydrogen-bond acceptors (Lipinski definition) is 3. The molecular formula is C12H15N5S. The molecule has 0 spiro atoms. The lowest BCUT2D eigenvalue weighted by molar-refractivity contribution is 0.745. The van der Waals surface area contributed by atoms with E-state index in [4.69, 9.17) is 12.2 Å². The van der Waals surface area contributed by atoms with E-state index < -0.39 is 0 Å². The highest BCUT2D eigenvalue weighted by atomic mass is 32.1. The molecule has 0 saturated heterocycles. The first kappa shape index (κ1) is 12.5. The number of nitrogens with one attached hydrogen (secondary N) is 3. The van der Waals surface area contributed by atoms with E-state index >= 15 is 0 Å². The lowest BCUT2D eigenvalue weighted by Gasteiger charge is -2.09. The van der Waals surface area contributed by atoms with Gasteiger partial charge in [0.05, 0.1) is 0 Å². The minimum absolute atomic E-state index is 0.638. The molecule has 0 fully saturated rings. The van der Waals surface area contributed by atoms with Crippen LogP contribution in [0.3, 0.4) is 0 Å². The van der Waals surface area contributed by atoms with Crippen LogP contribution in [0.1, 0.15) is 12.2 Å². The Labute approximate surface area is 111 Å². The highest BCUT2D eigenvalue weighted by molar-refractivity contribution is 7.80. The minimum Gasteiger partial charge on any atom is -0.362 e. The Bertz CT molecular complexity index is 468. The summed E-state index contributed by atoms with van der Waals surface area (Å²) < 4.78 is 0. The SMILES string of the molecule is S=C(NCCCc1ncn[nH]1)Nc1ccccc1. The molecule has 0 saturated carbocycles. The number of aromatic nitrogens is 3. The van der Waals surface area contributed by atoms with Crippen LogP contribution < -0.4 is 10.6 Å². The lowest BCUT2D eigenvalue weighted by atomic mass is 10.3. The molecule has 1 aromatic heterocycles. The first-order valence-electron chi connectivity index (χ1n) is 5.79. The van der Waals surface area contributed by atoms with Crippen LogP contribution in [0.15, 0.2) is 36.7 Å². The molecule has 6 heteroatoms. The third-order valence-electron chi connectivity index (χ3n) is 2.37. The number of benzene rings is 1. The molecule has 0 aliphatic carbocycles. The molecule has 2 aromatic rings. The van der Waals surface area contributed by atoms with Gasteiger partial charge in [0.25, 0.3) is 0 Å². The predicted octanol–water partition coefficient (Wildman–Crippen LogP) is 1.72. The molecule has 0 aliphatic heterocycles. The lowest BCUT2D eigenvalue weighted by Crippen LogP contribution is -2.29. The molecule has 0 unspecified atom stereocenters. The smallest absolute Gasteiger partial charge is 0.170 e. The van der Waals surface area contributed by atoms with Crippen molar-refractivity contribution in [3.05, 3.63) is 42.5 Å². The van der Waals surface area contributed by atoms with E-state index in [9.17, 15) is 0 Å². The molecule has 94 valence electrons. The van der Waals surface area contributed by atoms with Gasteiger partial charge in [0, 0.05) is 18.7 Å². The summed E-state index contributed by atoms with van der Waals surface area (Å²) >= 11 is 5.19. The van der Waals surface area contributed by atoms with Crippen molar-refractivity contribution >= 4 is 23.0 Å². The first-order chi connectivity index (χ1) is 8.84. The fourth-order valence-corrected chi connectivity index (χ4v) is 1.73. The highest BCUT2D eigenvalue weighted by Gasteiger charge is 1.98. The zero-order valence-corrected chi connectivity index (χ0v) is 10.7. The van der Waals surface area contributed by atoms with Gasteiger partial charge >= 0.3 is 0 Å². The first-order valence-corrected chi connectivity index (χ1v) is 6.19. The second kappa shape index (κ2) is 6.70. The number of thiocarbonyl (C=S) groups is 1. The maximum atomic E-state index is 5.19. The Kier molecular flexibility index (Phi) is 4.66. The Hall–Kier alpha value is -1.95. The Morgan fingerprint density at radius 3 is 2.83 bits per heavy atom. The van der Waals surface area contributed by atoms with Gasteiger partial charge in [-0.15, -0.1) is 0 Å². The van der Waals surface area contributed by atoms with Crippen LogP contribution in [0.4, 0.5) is 5.69 Å². The topological polar surface area (TPSA) is 65.6 Å². The zero-order valence-electron chi connectivity index (χ0n) is 9.89. The molecule has 3 N–H and O–H groups in total. The number of H-pyrrole nitrogens is 1. The number of nitrogens with zero attached hydrogens (tertiary/aromatic N) is 2. The predicted molar refractivity (Wildman–Crippen MR) is 75.4 cm³/mol. The monoisotopic (exact) mass is 261 g/mol. The summed E-state index contributed by atoms with van der Waals surface area (Å²) in [5.41, 5.74) is 0.991. The maximum absolute atomic E-state index is 5.19. The Morgan fingerprint density at radius 2 is 2.11 bits per heavy atom. The summed E-state index contributed by atoms with van der Waals surface area (Å²) in [6.45, 7) is 0.805. The second-order valence-corrected chi connectivity index (χ2v) is 4.19. The van der Waals surface area contributed by atoms with Gasteiger partial charge in [-0.2, -0.15) is 5.10 Å². The number of aryl methyl sites for hydroxylation is 1. The normalized spacial score (nSPS) is 10.0. The molecule has 5 nitrogen and oxygen atoms in total. The molecule has 0 amide bonds. The molecule has 0 radical (unpaired) electrons.